The Morgan fingerprint density at radius 3 is 2.33 bits per heavy atom. The van der Waals surface area contributed by atoms with E-state index in [-0.39, 0.29) is 17.4 Å². The first-order chi connectivity index (χ1) is 20.3. The smallest absolute Gasteiger partial charge is 0.318 e. The van der Waals surface area contributed by atoms with Crippen LogP contribution in [0.1, 0.15) is 51.7 Å². The van der Waals surface area contributed by atoms with Gasteiger partial charge in [-0.25, -0.2) is 4.79 Å². The third-order valence-corrected chi connectivity index (χ3v) is 9.04. The molecule has 3 heterocycles. The quantitative estimate of drug-likeness (QED) is 0.226. The van der Waals surface area contributed by atoms with Gasteiger partial charge in [-0.05, 0) is 42.5 Å². The number of hydrogen-bond acceptors (Lipinski definition) is 7. The van der Waals surface area contributed by atoms with Crippen LogP contribution < -0.4 is 10.6 Å². The van der Waals surface area contributed by atoms with E-state index in [9.17, 15) is 24.5 Å². The number of aryl methyl sites for hydroxylation is 1. The number of benzene rings is 2. The number of carbonyl (C=O) groups excluding carboxylic acids is 3. The highest BCUT2D eigenvalue weighted by Crippen LogP contribution is 2.52. The molecule has 0 radical (unpaired) electrons. The zero-order chi connectivity index (χ0) is 29.8. The molecule has 0 aliphatic carbocycles. The first-order valence-electron chi connectivity index (χ1n) is 14.3. The van der Waals surface area contributed by atoms with Gasteiger partial charge in [-0.3, -0.25) is 19.7 Å². The Kier molecular flexibility index (Phi) is 8.98. The fourth-order valence-electron chi connectivity index (χ4n) is 6.02. The summed E-state index contributed by atoms with van der Waals surface area (Å²) in [6, 6.07) is 15.0. The Hall–Kier alpha value is -4.09. The van der Waals surface area contributed by atoms with Gasteiger partial charge < -0.3 is 20.4 Å². The number of likely N-dealkylation sites (tertiary alicyclic amines) is 1. The van der Waals surface area contributed by atoms with Crippen molar-refractivity contribution >= 4 is 34.7 Å². The normalized spacial score (nSPS) is 22.1. The van der Waals surface area contributed by atoms with Gasteiger partial charge in [-0.1, -0.05) is 42.8 Å². The Labute approximate surface area is 248 Å². The molecule has 3 amide bonds. The molecular weight excluding hydrogens is 554 g/mol. The molecule has 5 rings (SSSR count). The van der Waals surface area contributed by atoms with Crippen molar-refractivity contribution in [2.24, 2.45) is 5.92 Å². The largest absolute Gasteiger partial charge is 0.338 e. The van der Waals surface area contributed by atoms with Gasteiger partial charge in [0.2, 0.25) is 5.91 Å². The molecule has 0 bridgehead atoms. The number of hydrogen-bond donors (Lipinski definition) is 2. The predicted molar refractivity (Wildman–Crippen MR) is 161 cm³/mol. The van der Waals surface area contributed by atoms with Crippen LogP contribution in [0.5, 0.6) is 0 Å². The summed E-state index contributed by atoms with van der Waals surface area (Å²) < 4.78 is 0. The number of nitrogens with zero attached hydrogens (tertiary/aromatic N) is 3. The van der Waals surface area contributed by atoms with Crippen LogP contribution in [0.2, 0.25) is 0 Å². The van der Waals surface area contributed by atoms with E-state index in [4.69, 9.17) is 0 Å². The highest BCUT2D eigenvalue weighted by Gasteiger charge is 2.58. The molecule has 0 spiro atoms. The first kappa shape index (κ1) is 29.4. The Morgan fingerprint density at radius 2 is 1.74 bits per heavy atom. The van der Waals surface area contributed by atoms with Crippen LogP contribution in [-0.4, -0.2) is 71.2 Å². The molecule has 42 heavy (non-hydrogen) atoms. The Bertz CT molecular complexity index is 1420. The van der Waals surface area contributed by atoms with Crippen molar-refractivity contribution in [2.75, 3.05) is 32.7 Å². The van der Waals surface area contributed by atoms with E-state index in [1.807, 2.05) is 55.6 Å². The number of nitro benzene ring substituents is 1. The molecule has 2 aliphatic rings. The number of carbonyl (C=O) groups is 3. The molecule has 11 heteroatoms. The maximum atomic E-state index is 14.6. The number of urea groups is 1. The van der Waals surface area contributed by atoms with Crippen LogP contribution in [0.25, 0.3) is 0 Å². The van der Waals surface area contributed by atoms with Gasteiger partial charge in [0.15, 0.2) is 5.78 Å². The van der Waals surface area contributed by atoms with E-state index in [1.165, 1.54) is 35.6 Å². The van der Waals surface area contributed by atoms with Crippen molar-refractivity contribution in [3.05, 3.63) is 97.7 Å². The number of Topliss-reactive ketones (excluding diaryl/α,β-unsaturated/α-hetero) is 1. The standard InChI is InChI=1S/C31H35N5O5S/c1-3-14-33-31(39)35-27(21-8-6-20(2)7-9-21)26(29(37)22-10-12-23(13-11-22)36(40)41)25(24-5-4-19-42-24)28(35)30(38)34-17-15-32-16-18-34/h4-13,19,25-28,32H,3,14-18H2,1-2H3,(H,33,39). The topological polar surface area (TPSA) is 125 Å². The van der Waals surface area contributed by atoms with Crippen molar-refractivity contribution in [1.82, 2.24) is 20.4 Å². The Morgan fingerprint density at radius 1 is 1.05 bits per heavy atom. The molecule has 2 fully saturated rings. The number of rotatable bonds is 8. The van der Waals surface area contributed by atoms with E-state index >= 15 is 0 Å². The Balaban J connectivity index is 1.70. The minimum absolute atomic E-state index is 0.116. The number of non-ortho nitro benzene ring substituents is 1. The van der Waals surface area contributed by atoms with Crippen LogP contribution in [0.4, 0.5) is 10.5 Å². The summed E-state index contributed by atoms with van der Waals surface area (Å²) in [5, 5.41) is 19.5. The fourth-order valence-corrected chi connectivity index (χ4v) is 6.93. The molecule has 2 aliphatic heterocycles. The van der Waals surface area contributed by atoms with E-state index in [0.717, 1.165) is 16.0 Å². The fraction of sp³-hybridized carbons (Fsp3) is 0.387. The molecule has 2 saturated heterocycles. The molecule has 2 aromatic carbocycles. The molecule has 220 valence electrons. The predicted octanol–water partition coefficient (Wildman–Crippen LogP) is 4.52. The van der Waals surface area contributed by atoms with Gasteiger partial charge in [-0.15, -0.1) is 11.3 Å². The SMILES string of the molecule is CCCNC(=O)N1C(C(=O)N2CCNCC2)C(c2cccs2)C(C(=O)c2ccc([N+](=O)[O-])cc2)C1c1ccc(C)cc1. The lowest BCUT2D eigenvalue weighted by Gasteiger charge is -2.36. The van der Waals surface area contributed by atoms with E-state index in [2.05, 4.69) is 10.6 Å². The first-order valence-corrected chi connectivity index (χ1v) is 15.1. The maximum absolute atomic E-state index is 14.6. The second-order valence-corrected chi connectivity index (χ2v) is 11.7. The second-order valence-electron chi connectivity index (χ2n) is 10.8. The molecule has 0 saturated carbocycles. The molecule has 10 nitrogen and oxygen atoms in total. The zero-order valence-corrected chi connectivity index (χ0v) is 24.5. The summed E-state index contributed by atoms with van der Waals surface area (Å²) in [6.45, 7) is 6.66. The van der Waals surface area contributed by atoms with Crippen molar-refractivity contribution < 1.29 is 19.3 Å². The van der Waals surface area contributed by atoms with Crippen molar-refractivity contribution in [3.63, 3.8) is 0 Å². The highest BCUT2D eigenvalue weighted by atomic mass is 32.1. The molecule has 4 atom stereocenters. The summed E-state index contributed by atoms with van der Waals surface area (Å²) in [7, 11) is 0. The number of ketones is 1. The molecule has 2 N–H and O–H groups in total. The zero-order valence-electron chi connectivity index (χ0n) is 23.7. The van der Waals surface area contributed by atoms with Crippen LogP contribution in [0, 0.1) is 23.0 Å². The summed E-state index contributed by atoms with van der Waals surface area (Å²) in [6.07, 6.45) is 0.713. The summed E-state index contributed by atoms with van der Waals surface area (Å²) in [4.78, 5) is 58.1. The minimum Gasteiger partial charge on any atom is -0.338 e. The summed E-state index contributed by atoms with van der Waals surface area (Å²) >= 11 is 1.46. The number of thiophene rings is 1. The average molecular weight is 590 g/mol. The van der Waals surface area contributed by atoms with Gasteiger partial charge in [0.1, 0.15) is 6.04 Å². The van der Waals surface area contributed by atoms with Gasteiger partial charge >= 0.3 is 6.03 Å². The maximum Gasteiger partial charge on any atom is 0.318 e. The van der Waals surface area contributed by atoms with Crippen LogP contribution >= 0.6 is 11.3 Å². The number of piperazine rings is 1. The minimum atomic E-state index is -0.920. The van der Waals surface area contributed by atoms with Gasteiger partial charge in [0, 0.05) is 61.2 Å². The monoisotopic (exact) mass is 589 g/mol. The molecule has 3 aromatic rings. The van der Waals surface area contributed by atoms with Gasteiger partial charge in [0.05, 0.1) is 16.9 Å². The lowest BCUT2D eigenvalue weighted by Crippen LogP contribution is -2.56. The van der Waals surface area contributed by atoms with Crippen LogP contribution in [-0.2, 0) is 4.79 Å². The van der Waals surface area contributed by atoms with E-state index < -0.39 is 34.9 Å². The highest BCUT2D eigenvalue weighted by molar-refractivity contribution is 7.10. The molecule has 4 unspecified atom stereocenters. The summed E-state index contributed by atoms with van der Waals surface area (Å²) in [5.74, 6) is -1.87. The lowest BCUT2D eigenvalue weighted by molar-refractivity contribution is -0.384. The number of amides is 3. The van der Waals surface area contributed by atoms with Gasteiger partial charge in [0.25, 0.3) is 5.69 Å². The van der Waals surface area contributed by atoms with Crippen molar-refractivity contribution in [2.45, 2.75) is 38.3 Å². The third-order valence-electron chi connectivity index (χ3n) is 8.06. The summed E-state index contributed by atoms with van der Waals surface area (Å²) in [5.41, 5.74) is 1.97. The number of nitrogens with one attached hydrogen (secondary N) is 2. The van der Waals surface area contributed by atoms with E-state index in [1.54, 1.807) is 9.80 Å². The van der Waals surface area contributed by atoms with Gasteiger partial charge in [-0.2, -0.15) is 0 Å². The van der Waals surface area contributed by atoms with Crippen LogP contribution in [0.3, 0.4) is 0 Å². The second kappa shape index (κ2) is 12.8. The van der Waals surface area contributed by atoms with E-state index in [0.29, 0.717) is 44.7 Å². The lowest BCUT2D eigenvalue weighted by atomic mass is 9.78. The molecular formula is C31H35N5O5S. The number of nitro groups is 1. The van der Waals surface area contributed by atoms with Crippen molar-refractivity contribution in [3.8, 4) is 0 Å². The molecule has 1 aromatic heterocycles. The van der Waals surface area contributed by atoms with Crippen LogP contribution in [0.15, 0.2) is 66.0 Å². The third kappa shape index (κ3) is 5.79. The average Bonchev–Trinajstić information content (AvgIpc) is 3.66. The van der Waals surface area contributed by atoms with Crippen molar-refractivity contribution in [1.29, 1.82) is 0 Å².